The van der Waals surface area contributed by atoms with Crippen LogP contribution >= 0.6 is 0 Å². The van der Waals surface area contributed by atoms with E-state index in [1.54, 1.807) is 19.1 Å². The van der Waals surface area contributed by atoms with E-state index in [0.717, 1.165) is 16.8 Å². The number of H-pyrrole nitrogens is 1. The van der Waals surface area contributed by atoms with Gasteiger partial charge in [-0.15, -0.1) is 0 Å². The molecular weight excluding hydrogens is 312 g/mol. The number of aromatic nitrogens is 1. The highest BCUT2D eigenvalue weighted by molar-refractivity contribution is 5.93. The number of aryl methyl sites for hydroxylation is 1. The predicted molar refractivity (Wildman–Crippen MR) is 98.9 cm³/mol. The van der Waals surface area contributed by atoms with E-state index >= 15 is 0 Å². The maximum Gasteiger partial charge on any atom is 0.260 e. The molecule has 0 aliphatic rings. The Labute approximate surface area is 146 Å². The second kappa shape index (κ2) is 7.62. The van der Waals surface area contributed by atoms with Crippen LogP contribution in [0.15, 0.2) is 77.6 Å². The standard InChI is InChI=1S/C21H20N2O2/c1-15-12-13-18(21(25)23-15)20(24)22-14-19(16-8-4-2-5-9-16)17-10-6-3-7-11-17/h2-13,19H,14H2,1H3,(H,22,24)(H,23,25). The number of hydrogen-bond acceptors (Lipinski definition) is 2. The van der Waals surface area contributed by atoms with Crippen LogP contribution in [0.3, 0.4) is 0 Å². The van der Waals surface area contributed by atoms with Gasteiger partial charge in [-0.2, -0.15) is 0 Å². The van der Waals surface area contributed by atoms with Gasteiger partial charge in [0.1, 0.15) is 5.56 Å². The SMILES string of the molecule is Cc1ccc(C(=O)NCC(c2ccccc2)c2ccccc2)c(=O)[nH]1. The maximum absolute atomic E-state index is 12.4. The summed E-state index contributed by atoms with van der Waals surface area (Å²) in [6.07, 6.45) is 0. The van der Waals surface area contributed by atoms with E-state index in [1.807, 2.05) is 60.7 Å². The Morgan fingerprint density at radius 2 is 1.48 bits per heavy atom. The predicted octanol–water partition coefficient (Wildman–Crippen LogP) is 3.25. The van der Waals surface area contributed by atoms with E-state index in [0.29, 0.717) is 6.54 Å². The van der Waals surface area contributed by atoms with Gasteiger partial charge in [0, 0.05) is 18.2 Å². The molecule has 0 unspecified atom stereocenters. The molecule has 3 rings (SSSR count). The average Bonchev–Trinajstić information content (AvgIpc) is 2.63. The van der Waals surface area contributed by atoms with Crippen LogP contribution in [-0.2, 0) is 0 Å². The third-order valence-electron chi connectivity index (χ3n) is 4.17. The molecule has 0 bridgehead atoms. The van der Waals surface area contributed by atoms with Crippen molar-refractivity contribution in [1.82, 2.24) is 10.3 Å². The van der Waals surface area contributed by atoms with Crippen LogP contribution in [0.5, 0.6) is 0 Å². The van der Waals surface area contributed by atoms with Crippen molar-refractivity contribution in [3.63, 3.8) is 0 Å². The summed E-state index contributed by atoms with van der Waals surface area (Å²) in [6, 6.07) is 23.3. The molecular formula is C21H20N2O2. The van der Waals surface area contributed by atoms with E-state index in [2.05, 4.69) is 10.3 Å². The first kappa shape index (κ1) is 16.7. The van der Waals surface area contributed by atoms with Crippen LogP contribution in [0, 0.1) is 6.92 Å². The van der Waals surface area contributed by atoms with Crippen molar-refractivity contribution >= 4 is 5.91 Å². The minimum Gasteiger partial charge on any atom is -0.351 e. The highest BCUT2D eigenvalue weighted by Gasteiger charge is 2.17. The van der Waals surface area contributed by atoms with Gasteiger partial charge in [0.05, 0.1) is 0 Å². The molecule has 126 valence electrons. The van der Waals surface area contributed by atoms with Crippen LogP contribution < -0.4 is 10.9 Å². The van der Waals surface area contributed by atoms with E-state index in [1.165, 1.54) is 0 Å². The molecule has 0 aliphatic heterocycles. The Balaban J connectivity index is 1.82. The third-order valence-corrected chi connectivity index (χ3v) is 4.17. The van der Waals surface area contributed by atoms with Crippen molar-refractivity contribution in [2.24, 2.45) is 0 Å². The van der Waals surface area contributed by atoms with Gasteiger partial charge in [-0.1, -0.05) is 60.7 Å². The maximum atomic E-state index is 12.4. The number of aromatic amines is 1. The number of pyridine rings is 1. The summed E-state index contributed by atoms with van der Waals surface area (Å²) in [5.41, 5.74) is 2.73. The molecule has 0 atom stereocenters. The molecule has 1 heterocycles. The Hall–Kier alpha value is -3.14. The van der Waals surface area contributed by atoms with Crippen LogP contribution in [0.2, 0.25) is 0 Å². The normalized spacial score (nSPS) is 10.6. The fraction of sp³-hybridized carbons (Fsp3) is 0.143. The molecule has 0 aliphatic carbocycles. The monoisotopic (exact) mass is 332 g/mol. The summed E-state index contributed by atoms with van der Waals surface area (Å²) in [4.78, 5) is 27.0. The van der Waals surface area contributed by atoms with Crippen molar-refractivity contribution in [2.45, 2.75) is 12.8 Å². The number of hydrogen-bond donors (Lipinski definition) is 2. The lowest BCUT2D eigenvalue weighted by atomic mass is 9.91. The molecule has 2 N–H and O–H groups in total. The number of nitrogens with one attached hydrogen (secondary N) is 2. The summed E-state index contributed by atoms with van der Waals surface area (Å²) >= 11 is 0. The highest BCUT2D eigenvalue weighted by Crippen LogP contribution is 2.23. The van der Waals surface area contributed by atoms with Gasteiger partial charge in [-0.3, -0.25) is 9.59 Å². The lowest BCUT2D eigenvalue weighted by Gasteiger charge is -2.18. The number of benzene rings is 2. The minimum absolute atomic E-state index is 0.0240. The van der Waals surface area contributed by atoms with E-state index in [9.17, 15) is 9.59 Å². The fourth-order valence-electron chi connectivity index (χ4n) is 2.84. The van der Waals surface area contributed by atoms with E-state index in [-0.39, 0.29) is 22.9 Å². The van der Waals surface area contributed by atoms with Crippen molar-refractivity contribution < 1.29 is 4.79 Å². The molecule has 25 heavy (non-hydrogen) atoms. The summed E-state index contributed by atoms with van der Waals surface area (Å²) in [7, 11) is 0. The van der Waals surface area contributed by atoms with Gasteiger partial charge in [-0.05, 0) is 30.2 Å². The van der Waals surface area contributed by atoms with Crippen LogP contribution in [0.4, 0.5) is 0 Å². The molecule has 0 radical (unpaired) electrons. The number of carbonyl (C=O) groups excluding carboxylic acids is 1. The molecule has 2 aromatic carbocycles. The van der Waals surface area contributed by atoms with Crippen LogP contribution in [0.25, 0.3) is 0 Å². The quantitative estimate of drug-likeness (QED) is 0.753. The van der Waals surface area contributed by atoms with Crippen molar-refractivity contribution in [1.29, 1.82) is 0 Å². The smallest absolute Gasteiger partial charge is 0.260 e. The summed E-state index contributed by atoms with van der Waals surface area (Å²) in [5, 5.41) is 2.90. The number of carbonyl (C=O) groups is 1. The molecule has 3 aromatic rings. The summed E-state index contributed by atoms with van der Waals surface area (Å²) in [6.45, 7) is 2.20. The van der Waals surface area contributed by atoms with Gasteiger partial charge in [-0.25, -0.2) is 0 Å². The van der Waals surface area contributed by atoms with Crippen molar-refractivity contribution in [3.05, 3.63) is 106 Å². The van der Waals surface area contributed by atoms with Gasteiger partial charge in [0.15, 0.2) is 0 Å². The Morgan fingerprint density at radius 1 is 0.920 bits per heavy atom. The fourth-order valence-corrected chi connectivity index (χ4v) is 2.84. The molecule has 0 spiro atoms. The second-order valence-electron chi connectivity index (χ2n) is 5.97. The molecule has 4 nitrogen and oxygen atoms in total. The molecule has 1 aromatic heterocycles. The number of amides is 1. The Kier molecular flexibility index (Phi) is 5.09. The third kappa shape index (κ3) is 4.04. The average molecular weight is 332 g/mol. The minimum atomic E-state index is -0.367. The summed E-state index contributed by atoms with van der Waals surface area (Å²) < 4.78 is 0. The van der Waals surface area contributed by atoms with Gasteiger partial charge >= 0.3 is 0 Å². The zero-order chi connectivity index (χ0) is 17.6. The van der Waals surface area contributed by atoms with Gasteiger partial charge < -0.3 is 10.3 Å². The first-order valence-electron chi connectivity index (χ1n) is 8.23. The summed E-state index contributed by atoms with van der Waals surface area (Å²) in [5.74, 6) is -0.339. The topological polar surface area (TPSA) is 62.0 Å². The molecule has 0 fully saturated rings. The van der Waals surface area contributed by atoms with E-state index < -0.39 is 0 Å². The zero-order valence-electron chi connectivity index (χ0n) is 14.0. The number of rotatable bonds is 5. The van der Waals surface area contributed by atoms with Crippen molar-refractivity contribution in [3.8, 4) is 0 Å². The van der Waals surface area contributed by atoms with Crippen LogP contribution in [-0.4, -0.2) is 17.4 Å². The zero-order valence-corrected chi connectivity index (χ0v) is 14.0. The molecule has 0 saturated heterocycles. The largest absolute Gasteiger partial charge is 0.351 e. The first-order valence-corrected chi connectivity index (χ1v) is 8.23. The lowest BCUT2D eigenvalue weighted by molar-refractivity contribution is 0.0951. The van der Waals surface area contributed by atoms with E-state index in [4.69, 9.17) is 0 Å². The lowest BCUT2D eigenvalue weighted by Crippen LogP contribution is -2.33. The Bertz CT molecular complexity index is 862. The second-order valence-corrected chi connectivity index (χ2v) is 5.97. The van der Waals surface area contributed by atoms with Crippen molar-refractivity contribution in [2.75, 3.05) is 6.54 Å². The molecule has 4 heteroatoms. The van der Waals surface area contributed by atoms with Gasteiger partial charge in [0.25, 0.3) is 11.5 Å². The first-order chi connectivity index (χ1) is 12.1. The van der Waals surface area contributed by atoms with Crippen LogP contribution in [0.1, 0.15) is 33.1 Å². The molecule has 1 amide bonds. The highest BCUT2D eigenvalue weighted by atomic mass is 16.2. The Morgan fingerprint density at radius 3 is 2.00 bits per heavy atom. The van der Waals surface area contributed by atoms with Gasteiger partial charge in [0.2, 0.25) is 0 Å². The molecule has 0 saturated carbocycles.